The molecule has 0 spiro atoms. The summed E-state index contributed by atoms with van der Waals surface area (Å²) in [5, 5.41) is 0. The van der Waals surface area contributed by atoms with Gasteiger partial charge in [0.05, 0.1) is 6.04 Å². The van der Waals surface area contributed by atoms with E-state index in [1.54, 1.807) is 0 Å². The third-order valence-electron chi connectivity index (χ3n) is 3.71. The summed E-state index contributed by atoms with van der Waals surface area (Å²) in [6, 6.07) is -0.285. The fraction of sp³-hybridized carbons (Fsp3) is 0.929. The van der Waals surface area contributed by atoms with E-state index < -0.39 is 0 Å². The van der Waals surface area contributed by atoms with Crippen molar-refractivity contribution in [2.75, 3.05) is 13.1 Å². The Hall–Kier alpha value is -0.570. The molecule has 0 aromatic heterocycles. The smallest absolute Gasteiger partial charge is 0.239 e. The first-order chi connectivity index (χ1) is 8.06. The third-order valence-corrected chi connectivity index (χ3v) is 3.71. The van der Waals surface area contributed by atoms with Crippen molar-refractivity contribution < 1.29 is 4.79 Å². The molecule has 2 fully saturated rings. The second-order valence-electron chi connectivity index (χ2n) is 6.37. The lowest BCUT2D eigenvalue weighted by molar-refractivity contribution is -0.133. The Labute approximate surface area is 105 Å². The topological polar surface area (TPSA) is 46.3 Å². The number of carbonyl (C=O) groups is 1. The maximum atomic E-state index is 12.3. The van der Waals surface area contributed by atoms with E-state index in [2.05, 4.69) is 18.7 Å². The van der Waals surface area contributed by atoms with Crippen LogP contribution in [0, 0.1) is 17.8 Å². The molecule has 0 bridgehead atoms. The van der Waals surface area contributed by atoms with Crippen LogP contribution >= 0.6 is 0 Å². The fourth-order valence-corrected chi connectivity index (χ4v) is 2.32. The number of nitrogens with two attached hydrogens (primary N) is 1. The van der Waals surface area contributed by atoms with Gasteiger partial charge in [0.2, 0.25) is 5.91 Å². The monoisotopic (exact) mass is 238 g/mol. The zero-order valence-corrected chi connectivity index (χ0v) is 11.2. The van der Waals surface area contributed by atoms with Gasteiger partial charge >= 0.3 is 0 Å². The third kappa shape index (κ3) is 4.30. The van der Waals surface area contributed by atoms with Crippen molar-refractivity contribution in [2.45, 2.75) is 52.0 Å². The lowest BCUT2D eigenvalue weighted by Gasteiger charge is -2.26. The maximum absolute atomic E-state index is 12.3. The Balaban J connectivity index is 1.85. The number of carbonyl (C=O) groups excluding carboxylic acids is 1. The Morgan fingerprint density at radius 2 is 1.65 bits per heavy atom. The van der Waals surface area contributed by atoms with Crippen LogP contribution in [0.3, 0.4) is 0 Å². The summed E-state index contributed by atoms with van der Waals surface area (Å²) in [7, 11) is 0. The van der Waals surface area contributed by atoms with Crippen molar-refractivity contribution in [3.8, 4) is 0 Å². The second kappa shape index (κ2) is 5.38. The number of rotatable bonds is 7. The summed E-state index contributed by atoms with van der Waals surface area (Å²) in [6.45, 7) is 6.17. The minimum Gasteiger partial charge on any atom is -0.341 e. The molecule has 3 nitrogen and oxygen atoms in total. The zero-order valence-electron chi connectivity index (χ0n) is 11.2. The Bertz CT molecular complexity index is 255. The van der Waals surface area contributed by atoms with E-state index in [4.69, 9.17) is 5.73 Å². The predicted octanol–water partition coefficient (Wildman–Crippen LogP) is 2.01. The van der Waals surface area contributed by atoms with Crippen LogP contribution in [0.25, 0.3) is 0 Å². The lowest BCUT2D eigenvalue weighted by Crippen LogP contribution is -2.46. The van der Waals surface area contributed by atoms with Crippen LogP contribution in [0.15, 0.2) is 0 Å². The van der Waals surface area contributed by atoms with E-state index in [0.29, 0.717) is 5.92 Å². The average molecular weight is 238 g/mol. The van der Waals surface area contributed by atoms with Crippen LogP contribution in [0.5, 0.6) is 0 Å². The van der Waals surface area contributed by atoms with Crippen LogP contribution in [-0.4, -0.2) is 29.9 Å². The molecule has 3 heteroatoms. The molecule has 1 unspecified atom stereocenters. The zero-order chi connectivity index (χ0) is 12.4. The Morgan fingerprint density at radius 1 is 1.18 bits per heavy atom. The van der Waals surface area contributed by atoms with Crippen molar-refractivity contribution in [3.05, 3.63) is 0 Å². The number of amides is 1. The largest absolute Gasteiger partial charge is 0.341 e. The van der Waals surface area contributed by atoms with Gasteiger partial charge in [-0.05, 0) is 49.9 Å². The van der Waals surface area contributed by atoms with Gasteiger partial charge in [-0.25, -0.2) is 0 Å². The van der Waals surface area contributed by atoms with Gasteiger partial charge in [0.25, 0.3) is 0 Å². The molecule has 2 saturated carbocycles. The Morgan fingerprint density at radius 3 is 2.00 bits per heavy atom. The highest BCUT2D eigenvalue weighted by Crippen LogP contribution is 2.34. The molecule has 2 N–H and O–H groups in total. The van der Waals surface area contributed by atoms with Gasteiger partial charge in [0.1, 0.15) is 0 Å². The highest BCUT2D eigenvalue weighted by Gasteiger charge is 2.33. The molecule has 2 rings (SSSR count). The highest BCUT2D eigenvalue weighted by molar-refractivity contribution is 5.81. The van der Waals surface area contributed by atoms with E-state index in [9.17, 15) is 4.79 Å². The lowest BCUT2D eigenvalue weighted by atomic mass is 10.0. The van der Waals surface area contributed by atoms with Crippen molar-refractivity contribution in [1.29, 1.82) is 0 Å². The summed E-state index contributed by atoms with van der Waals surface area (Å²) in [4.78, 5) is 14.4. The van der Waals surface area contributed by atoms with E-state index >= 15 is 0 Å². The Kier molecular flexibility index (Phi) is 4.08. The molecule has 1 atom stereocenters. The van der Waals surface area contributed by atoms with Gasteiger partial charge < -0.3 is 10.6 Å². The van der Waals surface area contributed by atoms with E-state index in [1.165, 1.54) is 25.7 Å². The maximum Gasteiger partial charge on any atom is 0.239 e. The molecule has 0 saturated heterocycles. The van der Waals surface area contributed by atoms with E-state index in [-0.39, 0.29) is 11.9 Å². The number of hydrogen-bond donors (Lipinski definition) is 1. The normalized spacial score (nSPS) is 21.6. The van der Waals surface area contributed by atoms with Crippen LogP contribution in [0.4, 0.5) is 0 Å². The molecule has 0 aliphatic heterocycles. The summed E-state index contributed by atoms with van der Waals surface area (Å²) in [5.74, 6) is 2.23. The molecule has 0 aromatic rings. The standard InChI is InChI=1S/C14H26N2O/c1-10(2)7-13(15)14(17)16(8-11-3-4-11)9-12-5-6-12/h10-13H,3-9,15H2,1-2H3. The summed E-state index contributed by atoms with van der Waals surface area (Å²) in [5.41, 5.74) is 6.02. The van der Waals surface area contributed by atoms with Gasteiger partial charge in [-0.3, -0.25) is 4.79 Å². The van der Waals surface area contributed by atoms with E-state index in [1.807, 2.05) is 0 Å². The first kappa shape index (κ1) is 12.9. The molecule has 0 heterocycles. The molecule has 2 aliphatic carbocycles. The van der Waals surface area contributed by atoms with Crippen LogP contribution < -0.4 is 5.73 Å². The van der Waals surface area contributed by atoms with E-state index in [0.717, 1.165) is 31.3 Å². The molecular formula is C14H26N2O. The van der Waals surface area contributed by atoms with Crippen LogP contribution in [0.2, 0.25) is 0 Å². The number of hydrogen-bond acceptors (Lipinski definition) is 2. The molecular weight excluding hydrogens is 212 g/mol. The second-order valence-corrected chi connectivity index (χ2v) is 6.37. The quantitative estimate of drug-likeness (QED) is 0.737. The van der Waals surface area contributed by atoms with Crippen molar-refractivity contribution >= 4 is 5.91 Å². The van der Waals surface area contributed by atoms with Crippen molar-refractivity contribution in [3.63, 3.8) is 0 Å². The van der Waals surface area contributed by atoms with Crippen LogP contribution in [0.1, 0.15) is 46.0 Å². The summed E-state index contributed by atoms with van der Waals surface area (Å²) < 4.78 is 0. The highest BCUT2D eigenvalue weighted by atomic mass is 16.2. The SMILES string of the molecule is CC(C)CC(N)C(=O)N(CC1CC1)CC1CC1. The molecule has 17 heavy (non-hydrogen) atoms. The minimum absolute atomic E-state index is 0.192. The molecule has 2 aliphatic rings. The summed E-state index contributed by atoms with van der Waals surface area (Å²) >= 11 is 0. The predicted molar refractivity (Wildman–Crippen MR) is 69.5 cm³/mol. The van der Waals surface area contributed by atoms with Crippen molar-refractivity contribution in [2.24, 2.45) is 23.5 Å². The average Bonchev–Trinajstić information content (AvgIpc) is 3.08. The first-order valence-corrected chi connectivity index (χ1v) is 7.10. The fourth-order valence-electron chi connectivity index (χ4n) is 2.32. The summed E-state index contributed by atoms with van der Waals surface area (Å²) in [6.07, 6.45) is 6.01. The van der Waals surface area contributed by atoms with Gasteiger partial charge in [-0.1, -0.05) is 13.8 Å². The van der Waals surface area contributed by atoms with Gasteiger partial charge in [0.15, 0.2) is 0 Å². The van der Waals surface area contributed by atoms with Gasteiger partial charge in [-0.15, -0.1) is 0 Å². The molecule has 98 valence electrons. The number of nitrogens with zero attached hydrogens (tertiary/aromatic N) is 1. The molecule has 0 aromatic carbocycles. The molecule has 1 amide bonds. The first-order valence-electron chi connectivity index (χ1n) is 7.10. The molecule has 0 radical (unpaired) electrons. The van der Waals surface area contributed by atoms with Crippen molar-refractivity contribution in [1.82, 2.24) is 4.90 Å². The van der Waals surface area contributed by atoms with Gasteiger partial charge in [0, 0.05) is 13.1 Å². The minimum atomic E-state index is -0.285. The van der Waals surface area contributed by atoms with Crippen LogP contribution in [-0.2, 0) is 4.79 Å². The van der Waals surface area contributed by atoms with Gasteiger partial charge in [-0.2, -0.15) is 0 Å².